The molecule has 0 aromatic carbocycles. The van der Waals surface area contributed by atoms with Crippen LogP contribution in [0.2, 0.25) is 0 Å². The number of amides is 2. The average molecular weight is 283 g/mol. The van der Waals surface area contributed by atoms with E-state index in [1.807, 2.05) is 20.8 Å². The summed E-state index contributed by atoms with van der Waals surface area (Å²) in [5.41, 5.74) is 5.01. The third kappa shape index (κ3) is 2.02. The van der Waals surface area contributed by atoms with Gasteiger partial charge in [0.15, 0.2) is 0 Å². The van der Waals surface area contributed by atoms with E-state index in [4.69, 9.17) is 10.5 Å². The van der Waals surface area contributed by atoms with E-state index >= 15 is 0 Å². The van der Waals surface area contributed by atoms with Crippen LogP contribution in [0.25, 0.3) is 0 Å². The molecule has 0 aromatic rings. The van der Waals surface area contributed by atoms with Crippen LogP contribution in [0.3, 0.4) is 0 Å². The third-order valence-electron chi connectivity index (χ3n) is 4.97. The van der Waals surface area contributed by atoms with Gasteiger partial charge in [0.1, 0.15) is 11.6 Å². The minimum atomic E-state index is -0.946. The van der Waals surface area contributed by atoms with Gasteiger partial charge in [0.25, 0.3) is 0 Å². The lowest BCUT2D eigenvalue weighted by molar-refractivity contribution is -0.182. The molecule has 0 spiro atoms. The van der Waals surface area contributed by atoms with Crippen molar-refractivity contribution in [3.8, 4) is 0 Å². The number of nitrogens with one attached hydrogen (secondary N) is 1. The lowest BCUT2D eigenvalue weighted by Gasteiger charge is -2.59. The summed E-state index contributed by atoms with van der Waals surface area (Å²) in [4.78, 5) is 26.1. The lowest BCUT2D eigenvalue weighted by Crippen LogP contribution is -2.77. The average Bonchev–Trinajstić information content (AvgIpc) is 2.40. The first kappa shape index (κ1) is 15.3. The maximum atomic E-state index is 12.8. The Labute approximate surface area is 120 Å². The third-order valence-corrected chi connectivity index (χ3v) is 4.97. The molecule has 3 atom stereocenters. The molecule has 114 valence electrons. The van der Waals surface area contributed by atoms with E-state index < -0.39 is 17.0 Å². The molecule has 0 bridgehead atoms. The predicted molar refractivity (Wildman–Crippen MR) is 74.9 cm³/mol. The molecule has 2 fully saturated rings. The van der Waals surface area contributed by atoms with Crippen molar-refractivity contribution in [3.63, 3.8) is 0 Å². The Balaban J connectivity index is 2.15. The highest BCUT2D eigenvalue weighted by molar-refractivity contribution is 5.94. The van der Waals surface area contributed by atoms with Crippen LogP contribution < -0.4 is 11.1 Å². The Kier molecular flexibility index (Phi) is 3.81. The van der Waals surface area contributed by atoms with Crippen LogP contribution in [0.4, 0.5) is 0 Å². The molecule has 2 aliphatic rings. The maximum absolute atomic E-state index is 12.8. The van der Waals surface area contributed by atoms with Crippen molar-refractivity contribution >= 4 is 11.8 Å². The molecule has 20 heavy (non-hydrogen) atoms. The van der Waals surface area contributed by atoms with Crippen molar-refractivity contribution in [1.29, 1.82) is 0 Å². The number of rotatable bonds is 3. The number of nitrogens with two attached hydrogens (primary N) is 1. The topological polar surface area (TPSA) is 84.7 Å². The molecule has 0 radical (unpaired) electrons. The fourth-order valence-electron chi connectivity index (χ4n) is 3.11. The fraction of sp³-hybridized carbons (Fsp3) is 0.857. The van der Waals surface area contributed by atoms with E-state index in [-0.39, 0.29) is 17.9 Å². The Morgan fingerprint density at radius 2 is 2.20 bits per heavy atom. The highest BCUT2D eigenvalue weighted by Crippen LogP contribution is 2.50. The SMILES string of the molecule is CCOC1CC(N)(C(=O)N2CCNC(=O)C2C)C1(C)C. The van der Waals surface area contributed by atoms with Crippen molar-refractivity contribution in [3.05, 3.63) is 0 Å². The summed E-state index contributed by atoms with van der Waals surface area (Å²) < 4.78 is 5.64. The molecular formula is C14H25N3O3. The van der Waals surface area contributed by atoms with Crippen molar-refractivity contribution in [2.45, 2.75) is 51.8 Å². The number of hydrogen-bond donors (Lipinski definition) is 2. The van der Waals surface area contributed by atoms with Gasteiger partial charge in [-0.3, -0.25) is 9.59 Å². The van der Waals surface area contributed by atoms with E-state index in [9.17, 15) is 9.59 Å². The van der Waals surface area contributed by atoms with Crippen LogP contribution >= 0.6 is 0 Å². The smallest absolute Gasteiger partial charge is 0.244 e. The Morgan fingerprint density at radius 1 is 1.55 bits per heavy atom. The second-order valence-corrected chi connectivity index (χ2v) is 6.31. The van der Waals surface area contributed by atoms with Crippen molar-refractivity contribution in [2.24, 2.45) is 11.1 Å². The standard InChI is InChI=1S/C14H25N3O3/c1-5-20-10-8-14(15,13(10,3)4)12(19)17-7-6-16-11(18)9(17)2/h9-10H,5-8,15H2,1-4H3,(H,16,18). The van der Waals surface area contributed by atoms with Crippen LogP contribution in [0.15, 0.2) is 0 Å². The summed E-state index contributed by atoms with van der Waals surface area (Å²) in [6.45, 7) is 9.21. The first-order valence-electron chi connectivity index (χ1n) is 7.25. The van der Waals surface area contributed by atoms with Gasteiger partial charge in [-0.05, 0) is 13.8 Å². The summed E-state index contributed by atoms with van der Waals surface area (Å²) in [6, 6.07) is -0.460. The van der Waals surface area contributed by atoms with Gasteiger partial charge in [0, 0.05) is 31.5 Å². The number of hydrogen-bond acceptors (Lipinski definition) is 4. The molecule has 1 heterocycles. The van der Waals surface area contributed by atoms with E-state index in [1.54, 1.807) is 11.8 Å². The molecule has 6 heteroatoms. The number of piperazine rings is 1. The second-order valence-electron chi connectivity index (χ2n) is 6.31. The first-order chi connectivity index (χ1) is 9.25. The van der Waals surface area contributed by atoms with Crippen LogP contribution in [0, 0.1) is 5.41 Å². The van der Waals surface area contributed by atoms with Gasteiger partial charge in [0.2, 0.25) is 11.8 Å². The zero-order valence-corrected chi connectivity index (χ0v) is 12.7. The van der Waals surface area contributed by atoms with E-state index in [0.717, 1.165) is 0 Å². The van der Waals surface area contributed by atoms with Gasteiger partial charge < -0.3 is 20.7 Å². The first-order valence-corrected chi connectivity index (χ1v) is 7.25. The molecule has 2 amide bonds. The largest absolute Gasteiger partial charge is 0.378 e. The minimum absolute atomic E-state index is 0.00428. The van der Waals surface area contributed by atoms with E-state index in [1.165, 1.54) is 0 Å². The van der Waals surface area contributed by atoms with Gasteiger partial charge in [-0.25, -0.2) is 0 Å². The molecule has 1 saturated heterocycles. The summed E-state index contributed by atoms with van der Waals surface area (Å²) in [6.07, 6.45) is 0.507. The van der Waals surface area contributed by atoms with Gasteiger partial charge in [-0.15, -0.1) is 0 Å². The maximum Gasteiger partial charge on any atom is 0.244 e. The van der Waals surface area contributed by atoms with Gasteiger partial charge in [-0.1, -0.05) is 13.8 Å². The molecule has 2 rings (SSSR count). The zero-order chi connectivity index (χ0) is 15.1. The zero-order valence-electron chi connectivity index (χ0n) is 12.7. The van der Waals surface area contributed by atoms with Crippen LogP contribution in [0.5, 0.6) is 0 Å². The highest BCUT2D eigenvalue weighted by atomic mass is 16.5. The normalized spacial score (nSPS) is 36.2. The summed E-state index contributed by atoms with van der Waals surface area (Å²) >= 11 is 0. The van der Waals surface area contributed by atoms with E-state index in [2.05, 4.69) is 5.32 Å². The molecular weight excluding hydrogens is 258 g/mol. The molecule has 1 aliphatic heterocycles. The lowest BCUT2D eigenvalue weighted by atomic mass is 9.54. The molecule has 3 N–H and O–H groups in total. The Bertz CT molecular complexity index is 424. The van der Waals surface area contributed by atoms with Gasteiger partial charge in [-0.2, -0.15) is 0 Å². The van der Waals surface area contributed by atoms with Crippen molar-refractivity contribution in [2.75, 3.05) is 19.7 Å². The van der Waals surface area contributed by atoms with Gasteiger partial charge in [0.05, 0.1) is 6.10 Å². The van der Waals surface area contributed by atoms with Crippen LogP contribution in [-0.4, -0.2) is 54.1 Å². The Hall–Kier alpha value is -1.14. The number of nitrogens with zero attached hydrogens (tertiary/aromatic N) is 1. The summed E-state index contributed by atoms with van der Waals surface area (Å²) in [5.74, 6) is -0.257. The molecule has 1 aliphatic carbocycles. The van der Waals surface area contributed by atoms with Gasteiger partial charge >= 0.3 is 0 Å². The monoisotopic (exact) mass is 283 g/mol. The number of carbonyl (C=O) groups is 2. The number of ether oxygens (including phenoxy) is 1. The molecule has 3 unspecified atom stereocenters. The summed E-state index contributed by atoms with van der Waals surface area (Å²) in [7, 11) is 0. The number of carbonyl (C=O) groups excluding carboxylic acids is 2. The minimum Gasteiger partial charge on any atom is -0.378 e. The highest BCUT2D eigenvalue weighted by Gasteiger charge is 2.64. The van der Waals surface area contributed by atoms with Crippen molar-refractivity contribution < 1.29 is 14.3 Å². The Morgan fingerprint density at radius 3 is 2.75 bits per heavy atom. The fourth-order valence-corrected chi connectivity index (χ4v) is 3.11. The van der Waals surface area contributed by atoms with Crippen molar-refractivity contribution in [1.82, 2.24) is 10.2 Å². The molecule has 1 saturated carbocycles. The molecule has 0 aromatic heterocycles. The van der Waals surface area contributed by atoms with Crippen LogP contribution in [0.1, 0.15) is 34.1 Å². The predicted octanol–water partition coefficient (Wildman–Crippen LogP) is -0.134. The van der Waals surface area contributed by atoms with Crippen LogP contribution in [-0.2, 0) is 14.3 Å². The second kappa shape index (κ2) is 5.00. The molecule has 6 nitrogen and oxygen atoms in total. The summed E-state index contributed by atoms with van der Waals surface area (Å²) in [5, 5.41) is 2.76. The quantitative estimate of drug-likeness (QED) is 0.755. The van der Waals surface area contributed by atoms with E-state index in [0.29, 0.717) is 26.1 Å².